The molecular weight excluding hydrogens is 208 g/mol. The molecule has 86 valence electrons. The highest BCUT2D eigenvalue weighted by molar-refractivity contribution is 5.94. The van der Waals surface area contributed by atoms with Crippen molar-refractivity contribution in [1.29, 1.82) is 0 Å². The average Bonchev–Trinajstić information content (AvgIpc) is 2.27. The molecule has 0 radical (unpaired) electrons. The Morgan fingerprint density at radius 2 is 1.94 bits per heavy atom. The maximum atomic E-state index is 11.4. The van der Waals surface area contributed by atoms with Gasteiger partial charge in [0, 0.05) is 0 Å². The van der Waals surface area contributed by atoms with E-state index in [0.717, 1.165) is 5.56 Å². The van der Waals surface area contributed by atoms with Crippen molar-refractivity contribution in [2.24, 2.45) is 5.92 Å². The SMILES string of the molecule is CCOC(=O)[C@@H](Cc1ccccc1)C(=O)O. The van der Waals surface area contributed by atoms with Gasteiger partial charge in [0.25, 0.3) is 0 Å². The minimum Gasteiger partial charge on any atom is -0.481 e. The molecule has 1 aromatic carbocycles. The van der Waals surface area contributed by atoms with Gasteiger partial charge in [0.15, 0.2) is 5.92 Å². The Labute approximate surface area is 93.9 Å². The summed E-state index contributed by atoms with van der Waals surface area (Å²) in [6.45, 7) is 1.84. The summed E-state index contributed by atoms with van der Waals surface area (Å²) in [5.74, 6) is -2.96. The topological polar surface area (TPSA) is 63.6 Å². The number of esters is 1. The van der Waals surface area contributed by atoms with Crippen LogP contribution in [0, 0.1) is 5.92 Å². The van der Waals surface area contributed by atoms with E-state index >= 15 is 0 Å². The zero-order chi connectivity index (χ0) is 12.0. The Kier molecular flexibility index (Phi) is 4.51. The quantitative estimate of drug-likeness (QED) is 0.605. The summed E-state index contributed by atoms with van der Waals surface area (Å²) in [6, 6.07) is 9.02. The third-order valence-corrected chi connectivity index (χ3v) is 2.15. The van der Waals surface area contributed by atoms with Crippen molar-refractivity contribution in [3.05, 3.63) is 35.9 Å². The minimum atomic E-state index is -1.15. The molecule has 0 bridgehead atoms. The summed E-state index contributed by atoms with van der Waals surface area (Å²) in [4.78, 5) is 22.3. The largest absolute Gasteiger partial charge is 0.481 e. The normalized spacial score (nSPS) is 11.8. The van der Waals surface area contributed by atoms with Gasteiger partial charge in [-0.3, -0.25) is 9.59 Å². The lowest BCUT2D eigenvalue weighted by atomic mass is 10.00. The summed E-state index contributed by atoms with van der Waals surface area (Å²) in [5, 5.41) is 8.93. The van der Waals surface area contributed by atoms with E-state index in [1.807, 2.05) is 6.07 Å². The second-order valence-electron chi connectivity index (χ2n) is 3.33. The summed E-state index contributed by atoms with van der Waals surface area (Å²) in [6.07, 6.45) is 0.162. The molecule has 0 saturated carbocycles. The number of rotatable bonds is 5. The third-order valence-electron chi connectivity index (χ3n) is 2.15. The van der Waals surface area contributed by atoms with Crippen molar-refractivity contribution in [2.45, 2.75) is 13.3 Å². The van der Waals surface area contributed by atoms with Crippen LogP contribution < -0.4 is 0 Å². The van der Waals surface area contributed by atoms with E-state index in [2.05, 4.69) is 0 Å². The number of carbonyl (C=O) groups excluding carboxylic acids is 1. The summed E-state index contributed by atoms with van der Waals surface area (Å²) in [5.41, 5.74) is 0.808. The molecule has 0 aliphatic carbocycles. The number of benzene rings is 1. The van der Waals surface area contributed by atoms with Gasteiger partial charge in [-0.1, -0.05) is 30.3 Å². The van der Waals surface area contributed by atoms with E-state index in [1.165, 1.54) is 0 Å². The monoisotopic (exact) mass is 222 g/mol. The zero-order valence-corrected chi connectivity index (χ0v) is 9.05. The number of aliphatic carboxylic acids is 1. The number of ether oxygens (including phenoxy) is 1. The van der Waals surface area contributed by atoms with Crippen LogP contribution in [0.25, 0.3) is 0 Å². The second kappa shape index (κ2) is 5.90. The molecule has 1 aromatic rings. The summed E-state index contributed by atoms with van der Waals surface area (Å²) in [7, 11) is 0. The van der Waals surface area contributed by atoms with Gasteiger partial charge >= 0.3 is 11.9 Å². The average molecular weight is 222 g/mol. The molecule has 0 aliphatic rings. The van der Waals surface area contributed by atoms with Crippen molar-refractivity contribution < 1.29 is 19.4 Å². The first-order chi connectivity index (χ1) is 7.65. The van der Waals surface area contributed by atoms with Crippen LogP contribution in [0.2, 0.25) is 0 Å². The number of carboxylic acids is 1. The van der Waals surface area contributed by atoms with Crippen LogP contribution in [-0.4, -0.2) is 23.7 Å². The van der Waals surface area contributed by atoms with Crippen LogP contribution in [0.1, 0.15) is 12.5 Å². The van der Waals surface area contributed by atoms with Crippen LogP contribution in [-0.2, 0) is 20.7 Å². The van der Waals surface area contributed by atoms with Gasteiger partial charge in [-0.25, -0.2) is 0 Å². The van der Waals surface area contributed by atoms with E-state index in [4.69, 9.17) is 9.84 Å². The lowest BCUT2D eigenvalue weighted by Crippen LogP contribution is -2.27. The van der Waals surface area contributed by atoms with Gasteiger partial charge in [0.05, 0.1) is 6.61 Å². The number of carboxylic acid groups (broad SMARTS) is 1. The second-order valence-corrected chi connectivity index (χ2v) is 3.33. The first kappa shape index (κ1) is 12.2. The number of hydrogen-bond acceptors (Lipinski definition) is 3. The molecule has 0 fully saturated rings. The first-order valence-electron chi connectivity index (χ1n) is 5.08. The maximum Gasteiger partial charge on any atom is 0.320 e. The highest BCUT2D eigenvalue weighted by atomic mass is 16.5. The third kappa shape index (κ3) is 3.38. The molecule has 1 rings (SSSR count). The van der Waals surface area contributed by atoms with E-state index in [-0.39, 0.29) is 13.0 Å². The predicted octanol–water partition coefficient (Wildman–Crippen LogP) is 1.49. The standard InChI is InChI=1S/C12H14O4/c1-2-16-12(15)10(11(13)14)8-9-6-4-3-5-7-9/h3-7,10H,2,8H2,1H3,(H,13,14)/t10-/m0/s1. The molecule has 0 amide bonds. The highest BCUT2D eigenvalue weighted by Crippen LogP contribution is 2.10. The predicted molar refractivity (Wildman–Crippen MR) is 57.9 cm³/mol. The summed E-state index contributed by atoms with van der Waals surface area (Å²) >= 11 is 0. The van der Waals surface area contributed by atoms with Crippen LogP contribution in [0.5, 0.6) is 0 Å². The van der Waals surface area contributed by atoms with Crippen molar-refractivity contribution in [2.75, 3.05) is 6.61 Å². The minimum absolute atomic E-state index is 0.162. The molecule has 1 N–H and O–H groups in total. The van der Waals surface area contributed by atoms with Gasteiger partial charge in [0.2, 0.25) is 0 Å². The van der Waals surface area contributed by atoms with E-state index < -0.39 is 17.9 Å². The molecule has 16 heavy (non-hydrogen) atoms. The summed E-state index contributed by atoms with van der Waals surface area (Å²) < 4.78 is 4.72. The Morgan fingerprint density at radius 3 is 2.44 bits per heavy atom. The number of carbonyl (C=O) groups is 2. The molecule has 0 saturated heterocycles. The molecule has 0 unspecified atom stereocenters. The van der Waals surface area contributed by atoms with Gasteiger partial charge in [-0.2, -0.15) is 0 Å². The van der Waals surface area contributed by atoms with Crippen LogP contribution in [0.4, 0.5) is 0 Å². The zero-order valence-electron chi connectivity index (χ0n) is 9.05. The van der Waals surface area contributed by atoms with Gasteiger partial charge < -0.3 is 9.84 Å². The van der Waals surface area contributed by atoms with Crippen LogP contribution in [0.3, 0.4) is 0 Å². The van der Waals surface area contributed by atoms with Gasteiger partial charge in [0.1, 0.15) is 0 Å². The molecule has 1 atom stereocenters. The van der Waals surface area contributed by atoms with Crippen molar-refractivity contribution >= 4 is 11.9 Å². The van der Waals surface area contributed by atoms with Crippen molar-refractivity contribution in [1.82, 2.24) is 0 Å². The first-order valence-corrected chi connectivity index (χ1v) is 5.08. The smallest absolute Gasteiger partial charge is 0.320 e. The molecule has 0 spiro atoms. The van der Waals surface area contributed by atoms with E-state index in [1.54, 1.807) is 31.2 Å². The Bertz CT molecular complexity index is 359. The fraction of sp³-hybridized carbons (Fsp3) is 0.333. The van der Waals surface area contributed by atoms with Crippen LogP contribution >= 0.6 is 0 Å². The molecule has 0 aromatic heterocycles. The van der Waals surface area contributed by atoms with Crippen molar-refractivity contribution in [3.8, 4) is 0 Å². The van der Waals surface area contributed by atoms with Crippen LogP contribution in [0.15, 0.2) is 30.3 Å². The molecular formula is C12H14O4. The maximum absolute atomic E-state index is 11.4. The van der Waals surface area contributed by atoms with E-state index in [9.17, 15) is 9.59 Å². The highest BCUT2D eigenvalue weighted by Gasteiger charge is 2.27. The van der Waals surface area contributed by atoms with Crippen molar-refractivity contribution in [3.63, 3.8) is 0 Å². The van der Waals surface area contributed by atoms with Gasteiger partial charge in [-0.15, -0.1) is 0 Å². The Morgan fingerprint density at radius 1 is 1.31 bits per heavy atom. The molecule has 4 nitrogen and oxygen atoms in total. The number of hydrogen-bond donors (Lipinski definition) is 1. The molecule has 4 heteroatoms. The fourth-order valence-corrected chi connectivity index (χ4v) is 1.36. The Balaban J connectivity index is 2.73. The van der Waals surface area contributed by atoms with E-state index in [0.29, 0.717) is 0 Å². The molecule has 0 heterocycles. The molecule has 0 aliphatic heterocycles. The lowest BCUT2D eigenvalue weighted by molar-refractivity contribution is -0.158. The lowest BCUT2D eigenvalue weighted by Gasteiger charge is -2.10. The fourth-order valence-electron chi connectivity index (χ4n) is 1.36. The van der Waals surface area contributed by atoms with Gasteiger partial charge in [-0.05, 0) is 18.9 Å². The Hall–Kier alpha value is -1.84.